The lowest BCUT2D eigenvalue weighted by molar-refractivity contribution is -0.113. The summed E-state index contributed by atoms with van der Waals surface area (Å²) in [5.41, 5.74) is 3.14. The Bertz CT molecular complexity index is 1380. The zero-order chi connectivity index (χ0) is 22.1. The highest BCUT2D eigenvalue weighted by Crippen LogP contribution is 2.39. The molecule has 2 aromatic carbocycles. The standard InChI is InChI=1S/C24H17FN4OS2/c25-15-10-8-14(9-11-15)22-17-4-1-2-5-18(17)24(29-28-22)31-13-21(30)27-23-19(12-26)16-6-3-7-20(16)32-23/h1-2,4-5,8-11H,3,6-7,13H2,(H,27,30). The number of carbonyl (C=O) groups is 1. The number of benzene rings is 2. The quantitative estimate of drug-likeness (QED) is 0.393. The fourth-order valence-electron chi connectivity index (χ4n) is 3.91. The second kappa shape index (κ2) is 8.69. The van der Waals surface area contributed by atoms with Crippen molar-refractivity contribution in [1.82, 2.24) is 10.2 Å². The molecule has 0 spiro atoms. The highest BCUT2D eigenvalue weighted by Gasteiger charge is 2.23. The molecule has 2 heterocycles. The van der Waals surface area contributed by atoms with Gasteiger partial charge in [-0.3, -0.25) is 4.79 Å². The third-order valence-electron chi connectivity index (χ3n) is 5.40. The van der Waals surface area contributed by atoms with Crippen molar-refractivity contribution in [3.8, 4) is 17.3 Å². The molecular weight excluding hydrogens is 443 g/mol. The minimum atomic E-state index is -0.306. The van der Waals surface area contributed by atoms with E-state index < -0.39 is 0 Å². The molecule has 0 aliphatic heterocycles. The summed E-state index contributed by atoms with van der Waals surface area (Å²) in [5, 5.41) is 24.2. The van der Waals surface area contributed by atoms with E-state index in [1.165, 1.54) is 40.1 Å². The number of fused-ring (bicyclic) bond motifs is 2. The third-order valence-corrected chi connectivity index (χ3v) is 7.59. The first-order valence-electron chi connectivity index (χ1n) is 10.1. The van der Waals surface area contributed by atoms with E-state index in [1.54, 1.807) is 12.1 Å². The number of thiophene rings is 1. The summed E-state index contributed by atoms with van der Waals surface area (Å²) in [6.45, 7) is 0. The number of rotatable bonds is 5. The Hall–Kier alpha value is -3.28. The predicted octanol–water partition coefficient (Wildman–Crippen LogP) is 5.59. The molecule has 0 fully saturated rings. The first-order chi connectivity index (χ1) is 15.6. The molecule has 5 rings (SSSR count). The first kappa shape index (κ1) is 20.6. The zero-order valence-electron chi connectivity index (χ0n) is 16.9. The summed E-state index contributed by atoms with van der Waals surface area (Å²) in [7, 11) is 0. The molecule has 1 N–H and O–H groups in total. The summed E-state index contributed by atoms with van der Waals surface area (Å²) in [4.78, 5) is 13.8. The van der Waals surface area contributed by atoms with Crippen LogP contribution < -0.4 is 5.32 Å². The average Bonchev–Trinajstić information content (AvgIpc) is 3.39. The number of nitrogens with zero attached hydrogens (tertiary/aromatic N) is 3. The molecule has 4 aromatic rings. The Kier molecular flexibility index (Phi) is 5.60. The summed E-state index contributed by atoms with van der Waals surface area (Å²) >= 11 is 2.81. The van der Waals surface area contributed by atoms with Gasteiger partial charge < -0.3 is 5.32 Å². The summed E-state index contributed by atoms with van der Waals surface area (Å²) < 4.78 is 13.3. The van der Waals surface area contributed by atoms with E-state index >= 15 is 0 Å². The predicted molar refractivity (Wildman–Crippen MR) is 125 cm³/mol. The molecule has 0 saturated carbocycles. The number of nitriles is 1. The van der Waals surface area contributed by atoms with Crippen molar-refractivity contribution in [3.05, 3.63) is 70.4 Å². The van der Waals surface area contributed by atoms with Gasteiger partial charge in [0.2, 0.25) is 5.91 Å². The van der Waals surface area contributed by atoms with Gasteiger partial charge in [-0.15, -0.1) is 21.5 Å². The minimum absolute atomic E-state index is 0.155. The number of amides is 1. The van der Waals surface area contributed by atoms with E-state index in [-0.39, 0.29) is 17.5 Å². The molecule has 2 aromatic heterocycles. The van der Waals surface area contributed by atoms with Crippen molar-refractivity contribution in [2.45, 2.75) is 24.3 Å². The summed E-state index contributed by atoms with van der Waals surface area (Å²) in [6, 6.07) is 16.1. The van der Waals surface area contributed by atoms with Crippen molar-refractivity contribution < 1.29 is 9.18 Å². The molecule has 158 valence electrons. The lowest BCUT2D eigenvalue weighted by Crippen LogP contribution is -2.14. The van der Waals surface area contributed by atoms with Crippen LogP contribution in [0.3, 0.4) is 0 Å². The van der Waals surface area contributed by atoms with Gasteiger partial charge in [-0.2, -0.15) is 5.26 Å². The number of hydrogen-bond donors (Lipinski definition) is 1. The van der Waals surface area contributed by atoms with Gasteiger partial charge in [-0.1, -0.05) is 36.0 Å². The number of hydrogen-bond acceptors (Lipinski definition) is 6. The Morgan fingerprint density at radius 1 is 1.12 bits per heavy atom. The van der Waals surface area contributed by atoms with Gasteiger partial charge in [0.15, 0.2) is 0 Å². The van der Waals surface area contributed by atoms with Crippen LogP contribution in [0.25, 0.3) is 22.0 Å². The molecule has 1 aliphatic carbocycles. The monoisotopic (exact) mass is 460 g/mol. The maximum absolute atomic E-state index is 13.3. The van der Waals surface area contributed by atoms with Crippen LogP contribution in [0.4, 0.5) is 9.39 Å². The Morgan fingerprint density at radius 3 is 2.69 bits per heavy atom. The van der Waals surface area contributed by atoms with Crippen molar-refractivity contribution in [3.63, 3.8) is 0 Å². The third kappa shape index (κ3) is 3.85. The SMILES string of the molecule is N#Cc1c(NC(=O)CSc2nnc(-c3ccc(F)cc3)c3ccccc23)sc2c1CCC2. The van der Waals surface area contributed by atoms with Crippen LogP contribution in [0.5, 0.6) is 0 Å². The molecule has 8 heteroatoms. The second-order valence-corrected chi connectivity index (χ2v) is 9.49. The fraction of sp³-hybridized carbons (Fsp3) is 0.167. The van der Waals surface area contributed by atoms with E-state index in [0.717, 1.165) is 41.2 Å². The number of halogens is 1. The first-order valence-corrected chi connectivity index (χ1v) is 11.9. The Labute approximate surface area is 192 Å². The van der Waals surface area contributed by atoms with Crippen LogP contribution in [0.1, 0.15) is 22.4 Å². The molecule has 5 nitrogen and oxygen atoms in total. The second-order valence-electron chi connectivity index (χ2n) is 7.42. The van der Waals surface area contributed by atoms with Gasteiger partial charge in [0.25, 0.3) is 0 Å². The van der Waals surface area contributed by atoms with Gasteiger partial charge in [0, 0.05) is 21.2 Å². The number of carbonyl (C=O) groups excluding carboxylic acids is 1. The highest BCUT2D eigenvalue weighted by atomic mass is 32.2. The normalized spacial score (nSPS) is 12.5. The van der Waals surface area contributed by atoms with E-state index in [4.69, 9.17) is 0 Å². The van der Waals surface area contributed by atoms with E-state index in [9.17, 15) is 14.4 Å². The molecular formula is C24H17FN4OS2. The zero-order valence-corrected chi connectivity index (χ0v) is 18.5. The van der Waals surface area contributed by atoms with Crippen LogP contribution in [0.15, 0.2) is 53.6 Å². The Morgan fingerprint density at radius 2 is 1.91 bits per heavy atom. The van der Waals surface area contributed by atoms with Crippen LogP contribution in [0.2, 0.25) is 0 Å². The Balaban J connectivity index is 1.36. The molecule has 0 saturated heterocycles. The van der Waals surface area contributed by atoms with E-state index in [0.29, 0.717) is 21.3 Å². The molecule has 0 bridgehead atoms. The van der Waals surface area contributed by atoms with Crippen LogP contribution in [-0.4, -0.2) is 21.9 Å². The number of nitrogens with one attached hydrogen (secondary N) is 1. The van der Waals surface area contributed by atoms with Crippen LogP contribution in [0, 0.1) is 17.1 Å². The molecule has 1 amide bonds. The van der Waals surface area contributed by atoms with Crippen LogP contribution in [-0.2, 0) is 17.6 Å². The van der Waals surface area contributed by atoms with Crippen molar-refractivity contribution in [2.24, 2.45) is 0 Å². The molecule has 0 radical (unpaired) electrons. The summed E-state index contributed by atoms with van der Waals surface area (Å²) in [5.74, 6) is -0.332. The molecule has 0 atom stereocenters. The molecule has 32 heavy (non-hydrogen) atoms. The van der Waals surface area contributed by atoms with Crippen molar-refractivity contribution in [1.29, 1.82) is 5.26 Å². The maximum Gasteiger partial charge on any atom is 0.235 e. The smallest absolute Gasteiger partial charge is 0.235 e. The molecule has 0 unspecified atom stereocenters. The lowest BCUT2D eigenvalue weighted by Gasteiger charge is -2.09. The number of anilines is 1. The van der Waals surface area contributed by atoms with Gasteiger partial charge >= 0.3 is 0 Å². The largest absolute Gasteiger partial charge is 0.316 e. The number of aromatic nitrogens is 2. The van der Waals surface area contributed by atoms with E-state index in [1.807, 2.05) is 24.3 Å². The average molecular weight is 461 g/mol. The number of thioether (sulfide) groups is 1. The van der Waals surface area contributed by atoms with Gasteiger partial charge in [0.05, 0.1) is 11.3 Å². The van der Waals surface area contributed by atoms with Gasteiger partial charge in [0.1, 0.15) is 27.6 Å². The topological polar surface area (TPSA) is 78.7 Å². The highest BCUT2D eigenvalue weighted by molar-refractivity contribution is 8.00. The minimum Gasteiger partial charge on any atom is -0.316 e. The number of aryl methyl sites for hydroxylation is 1. The van der Waals surface area contributed by atoms with E-state index in [2.05, 4.69) is 21.6 Å². The van der Waals surface area contributed by atoms with Crippen molar-refractivity contribution in [2.75, 3.05) is 11.1 Å². The maximum atomic E-state index is 13.3. The lowest BCUT2D eigenvalue weighted by atomic mass is 10.1. The fourth-order valence-corrected chi connectivity index (χ4v) is 5.94. The molecule has 1 aliphatic rings. The summed E-state index contributed by atoms with van der Waals surface area (Å²) in [6.07, 6.45) is 2.95. The van der Waals surface area contributed by atoms with Gasteiger partial charge in [-0.05, 0) is 49.1 Å². The van der Waals surface area contributed by atoms with Gasteiger partial charge in [-0.25, -0.2) is 4.39 Å². The van der Waals surface area contributed by atoms with Crippen molar-refractivity contribution >= 4 is 44.8 Å². The van der Waals surface area contributed by atoms with Crippen LogP contribution >= 0.6 is 23.1 Å².